The summed E-state index contributed by atoms with van der Waals surface area (Å²) in [6, 6.07) is 20.2. The number of likely N-dealkylation sites (N-methyl/N-ethyl adjacent to an activating group) is 1. The Morgan fingerprint density at radius 1 is 0.972 bits per heavy atom. The Labute approximate surface area is 210 Å². The van der Waals surface area contributed by atoms with E-state index >= 15 is 0 Å². The third kappa shape index (κ3) is 5.53. The summed E-state index contributed by atoms with van der Waals surface area (Å²) in [4.78, 5) is 19.1. The lowest BCUT2D eigenvalue weighted by Crippen LogP contribution is -2.50. The molecule has 1 amide bonds. The number of benzene rings is 2. The number of aromatic nitrogens is 3. The third-order valence-corrected chi connectivity index (χ3v) is 6.38. The molecule has 0 aliphatic carbocycles. The molecule has 0 spiro atoms. The minimum atomic E-state index is 0.109. The molecule has 1 aliphatic heterocycles. The van der Waals surface area contributed by atoms with E-state index in [9.17, 15) is 4.79 Å². The fourth-order valence-corrected chi connectivity index (χ4v) is 4.45. The molecule has 0 N–H and O–H groups in total. The van der Waals surface area contributed by atoms with Crippen molar-refractivity contribution in [3.8, 4) is 22.7 Å². The minimum absolute atomic E-state index is 0.109. The Hall–Kier alpha value is -3.82. The van der Waals surface area contributed by atoms with Gasteiger partial charge in [-0.25, -0.2) is 0 Å². The second-order valence-corrected chi connectivity index (χ2v) is 9.14. The van der Waals surface area contributed by atoms with Crippen molar-refractivity contribution in [2.24, 2.45) is 0 Å². The lowest BCUT2D eigenvalue weighted by molar-refractivity contribution is -0.134. The van der Waals surface area contributed by atoms with Crippen molar-refractivity contribution in [3.63, 3.8) is 0 Å². The Kier molecular flexibility index (Phi) is 7.20. The average Bonchev–Trinajstić information content (AvgIpc) is 3.51. The molecule has 9 heteroatoms. The number of carbonyl (C=O) groups excluding carboxylic acids is 1. The van der Waals surface area contributed by atoms with Gasteiger partial charge in [0.2, 0.25) is 11.8 Å². The van der Waals surface area contributed by atoms with Crippen LogP contribution in [-0.2, 0) is 17.9 Å². The first kappa shape index (κ1) is 23.9. The van der Waals surface area contributed by atoms with Gasteiger partial charge in [-0.1, -0.05) is 65.8 Å². The van der Waals surface area contributed by atoms with Gasteiger partial charge in [0.25, 0.3) is 5.89 Å². The Morgan fingerprint density at radius 2 is 1.67 bits per heavy atom. The van der Waals surface area contributed by atoms with Gasteiger partial charge in [-0.15, -0.1) is 10.2 Å². The average molecular weight is 487 g/mol. The highest BCUT2D eigenvalue weighted by Gasteiger charge is 2.24. The van der Waals surface area contributed by atoms with E-state index in [2.05, 4.69) is 44.5 Å². The minimum Gasteiger partial charge on any atom is -0.419 e. The first-order valence-electron chi connectivity index (χ1n) is 12.1. The van der Waals surface area contributed by atoms with Gasteiger partial charge in [-0.2, -0.15) is 0 Å². The van der Waals surface area contributed by atoms with Gasteiger partial charge in [-0.05, 0) is 19.5 Å². The van der Waals surface area contributed by atoms with Crippen LogP contribution in [0.5, 0.6) is 0 Å². The molecule has 186 valence electrons. The van der Waals surface area contributed by atoms with Crippen LogP contribution in [0.2, 0.25) is 0 Å². The maximum absolute atomic E-state index is 12.9. The lowest BCUT2D eigenvalue weighted by atomic mass is 10.1. The molecule has 0 radical (unpaired) electrons. The summed E-state index contributed by atoms with van der Waals surface area (Å²) >= 11 is 0. The van der Waals surface area contributed by atoms with Crippen LogP contribution in [0.3, 0.4) is 0 Å². The summed E-state index contributed by atoms with van der Waals surface area (Å²) in [5, 5.41) is 12.6. The molecule has 2 aromatic heterocycles. The van der Waals surface area contributed by atoms with Gasteiger partial charge in [0.1, 0.15) is 17.0 Å². The van der Waals surface area contributed by atoms with Crippen molar-refractivity contribution in [3.05, 3.63) is 77.9 Å². The van der Waals surface area contributed by atoms with E-state index in [1.54, 1.807) is 0 Å². The molecule has 1 fully saturated rings. The van der Waals surface area contributed by atoms with Crippen molar-refractivity contribution < 1.29 is 13.7 Å². The zero-order valence-electron chi connectivity index (χ0n) is 20.6. The summed E-state index contributed by atoms with van der Waals surface area (Å²) in [5.74, 6) is 1.52. The van der Waals surface area contributed by atoms with Crippen LogP contribution in [-0.4, -0.2) is 75.7 Å². The molecule has 36 heavy (non-hydrogen) atoms. The molecule has 0 saturated carbocycles. The monoisotopic (exact) mass is 486 g/mol. The number of rotatable bonds is 8. The van der Waals surface area contributed by atoms with Gasteiger partial charge < -0.3 is 13.8 Å². The lowest BCUT2D eigenvalue weighted by Gasteiger charge is -2.35. The quantitative estimate of drug-likeness (QED) is 0.374. The van der Waals surface area contributed by atoms with Crippen LogP contribution >= 0.6 is 0 Å². The highest BCUT2D eigenvalue weighted by Crippen LogP contribution is 2.33. The molecule has 1 aliphatic rings. The van der Waals surface area contributed by atoms with Crippen molar-refractivity contribution >= 4 is 5.91 Å². The Bertz CT molecular complexity index is 1280. The molecule has 2 aromatic carbocycles. The molecule has 0 unspecified atom stereocenters. The molecule has 1 saturated heterocycles. The summed E-state index contributed by atoms with van der Waals surface area (Å²) in [7, 11) is 1.88. The van der Waals surface area contributed by atoms with Crippen molar-refractivity contribution in [1.29, 1.82) is 0 Å². The first-order valence-corrected chi connectivity index (χ1v) is 12.1. The molecular weight excluding hydrogens is 456 g/mol. The van der Waals surface area contributed by atoms with Crippen molar-refractivity contribution in [2.75, 3.05) is 39.8 Å². The summed E-state index contributed by atoms with van der Waals surface area (Å²) in [6.07, 6.45) is 0. The molecule has 0 atom stereocenters. The van der Waals surface area contributed by atoms with Crippen LogP contribution in [0.1, 0.15) is 17.2 Å². The SMILES string of the molecule is Cc1onc(-c2ccccc2)c1-c1nnc(CN(C)CC(=O)N2CCN(Cc3ccccc3)CC2)o1. The number of hydrogen-bond donors (Lipinski definition) is 0. The number of piperazine rings is 1. The second-order valence-electron chi connectivity index (χ2n) is 9.14. The zero-order chi connectivity index (χ0) is 24.9. The summed E-state index contributed by atoms with van der Waals surface area (Å²) < 4.78 is 11.4. The van der Waals surface area contributed by atoms with Crippen LogP contribution in [0.15, 0.2) is 69.6 Å². The summed E-state index contributed by atoms with van der Waals surface area (Å²) in [5.41, 5.74) is 3.56. The number of hydrogen-bond acceptors (Lipinski definition) is 8. The zero-order valence-corrected chi connectivity index (χ0v) is 20.6. The van der Waals surface area contributed by atoms with E-state index in [0.29, 0.717) is 35.3 Å². The topological polar surface area (TPSA) is 91.7 Å². The standard InChI is InChI=1S/C27H30N6O3/c1-20-25(26(30-36-20)22-11-7-4-8-12-22)27-29-28-23(35-27)18-31(2)19-24(34)33-15-13-32(14-16-33)17-21-9-5-3-6-10-21/h3-12H,13-19H2,1-2H3. The van der Waals surface area contributed by atoms with Gasteiger partial charge in [0.15, 0.2) is 0 Å². The molecule has 0 bridgehead atoms. The first-order chi connectivity index (χ1) is 17.6. The maximum atomic E-state index is 12.9. The number of carbonyl (C=O) groups is 1. The molecular formula is C27H30N6O3. The molecule has 3 heterocycles. The predicted molar refractivity (Wildman–Crippen MR) is 135 cm³/mol. The maximum Gasteiger partial charge on any atom is 0.253 e. The van der Waals surface area contributed by atoms with E-state index in [1.807, 2.05) is 60.2 Å². The van der Waals surface area contributed by atoms with Gasteiger partial charge in [-0.3, -0.25) is 14.6 Å². The van der Waals surface area contributed by atoms with Crippen LogP contribution in [0.25, 0.3) is 22.7 Å². The number of nitrogens with zero attached hydrogens (tertiary/aromatic N) is 6. The molecule has 9 nitrogen and oxygen atoms in total. The highest BCUT2D eigenvalue weighted by atomic mass is 16.5. The van der Waals surface area contributed by atoms with Crippen LogP contribution in [0.4, 0.5) is 0 Å². The van der Waals surface area contributed by atoms with Crippen LogP contribution in [0, 0.1) is 6.92 Å². The Balaban J connectivity index is 1.15. The fraction of sp³-hybridized carbons (Fsp3) is 0.333. The van der Waals surface area contributed by atoms with E-state index in [0.717, 1.165) is 38.3 Å². The smallest absolute Gasteiger partial charge is 0.253 e. The number of aryl methyl sites for hydroxylation is 1. The van der Waals surface area contributed by atoms with Crippen molar-refractivity contribution in [2.45, 2.75) is 20.0 Å². The predicted octanol–water partition coefficient (Wildman–Crippen LogP) is 3.48. The van der Waals surface area contributed by atoms with E-state index < -0.39 is 0 Å². The normalized spacial score (nSPS) is 14.5. The number of amides is 1. The third-order valence-electron chi connectivity index (χ3n) is 6.38. The van der Waals surface area contributed by atoms with Crippen molar-refractivity contribution in [1.82, 2.24) is 30.1 Å². The molecule has 5 rings (SSSR count). The summed E-state index contributed by atoms with van der Waals surface area (Å²) in [6.45, 7) is 6.62. The van der Waals surface area contributed by atoms with E-state index in [-0.39, 0.29) is 12.5 Å². The van der Waals surface area contributed by atoms with Crippen LogP contribution < -0.4 is 0 Å². The van der Waals surface area contributed by atoms with E-state index in [1.165, 1.54) is 5.56 Å². The van der Waals surface area contributed by atoms with E-state index in [4.69, 9.17) is 8.94 Å². The largest absolute Gasteiger partial charge is 0.419 e. The van der Waals surface area contributed by atoms with Gasteiger partial charge >= 0.3 is 0 Å². The fourth-order valence-electron chi connectivity index (χ4n) is 4.45. The molecule has 4 aromatic rings. The van der Waals surface area contributed by atoms with Gasteiger partial charge in [0, 0.05) is 38.3 Å². The second kappa shape index (κ2) is 10.8. The van der Waals surface area contributed by atoms with Gasteiger partial charge in [0.05, 0.1) is 13.1 Å². The highest BCUT2D eigenvalue weighted by molar-refractivity contribution is 5.78. The Morgan fingerprint density at radius 3 is 2.39 bits per heavy atom.